The van der Waals surface area contributed by atoms with Crippen molar-refractivity contribution < 1.29 is 18.4 Å². The monoisotopic (exact) mass is 379 g/mol. The topological polar surface area (TPSA) is 66.6 Å². The third kappa shape index (κ3) is 4.46. The van der Waals surface area contributed by atoms with Gasteiger partial charge in [-0.15, -0.1) is 0 Å². The number of carbonyl (C=O) groups excluding carboxylic acids is 2. The minimum absolute atomic E-state index is 0.0982. The lowest BCUT2D eigenvalue weighted by Gasteiger charge is -2.38. The van der Waals surface area contributed by atoms with E-state index < -0.39 is 17.5 Å². The normalized spacial score (nSPS) is 20.6. The lowest BCUT2D eigenvalue weighted by atomic mass is 9.89. The molecule has 5 nitrogen and oxygen atoms in total. The molecule has 0 aromatic heterocycles. The van der Waals surface area contributed by atoms with E-state index in [1.807, 2.05) is 11.8 Å². The molecule has 0 saturated carbocycles. The fourth-order valence-corrected chi connectivity index (χ4v) is 4.07. The average Bonchev–Trinajstić information content (AvgIpc) is 2.67. The van der Waals surface area contributed by atoms with Crippen molar-refractivity contribution >= 4 is 11.8 Å². The maximum atomic E-state index is 13.8. The zero-order chi connectivity index (χ0) is 19.6. The minimum Gasteiger partial charge on any atom is -0.342 e. The highest BCUT2D eigenvalue weighted by atomic mass is 19.1. The summed E-state index contributed by atoms with van der Waals surface area (Å²) in [5.74, 6) is -1.48. The second-order valence-corrected chi connectivity index (χ2v) is 7.71. The highest BCUT2D eigenvalue weighted by molar-refractivity contribution is 5.94. The molecule has 2 aliphatic heterocycles. The summed E-state index contributed by atoms with van der Waals surface area (Å²) in [4.78, 5) is 28.7. The second-order valence-electron chi connectivity index (χ2n) is 7.71. The molecule has 2 heterocycles. The second kappa shape index (κ2) is 8.33. The Bertz CT molecular complexity index is 694. The molecule has 1 unspecified atom stereocenters. The summed E-state index contributed by atoms with van der Waals surface area (Å²) in [6, 6.07) is 3.13. The molecular formula is C20H27F2N3O2. The van der Waals surface area contributed by atoms with Crippen molar-refractivity contribution in [1.29, 1.82) is 0 Å². The van der Waals surface area contributed by atoms with Crippen LogP contribution in [0.2, 0.25) is 0 Å². The van der Waals surface area contributed by atoms with Gasteiger partial charge in [0, 0.05) is 44.2 Å². The number of halogens is 2. The SMILES string of the molecule is CC(N)C1CCN(C(=O)C2CCN(C(=O)c3ccc(F)cc3F)CC2)CC1. The highest BCUT2D eigenvalue weighted by Crippen LogP contribution is 2.26. The first-order chi connectivity index (χ1) is 12.9. The van der Waals surface area contributed by atoms with Gasteiger partial charge in [0.15, 0.2) is 0 Å². The Morgan fingerprint density at radius 1 is 1.04 bits per heavy atom. The zero-order valence-electron chi connectivity index (χ0n) is 15.7. The summed E-state index contributed by atoms with van der Waals surface area (Å²) < 4.78 is 26.9. The lowest BCUT2D eigenvalue weighted by molar-refractivity contribution is -0.138. The highest BCUT2D eigenvalue weighted by Gasteiger charge is 2.33. The van der Waals surface area contributed by atoms with E-state index in [1.54, 1.807) is 4.90 Å². The van der Waals surface area contributed by atoms with Gasteiger partial charge in [0.2, 0.25) is 5.91 Å². The summed E-state index contributed by atoms with van der Waals surface area (Å²) in [6.45, 7) is 4.31. The van der Waals surface area contributed by atoms with E-state index in [0.29, 0.717) is 31.8 Å². The van der Waals surface area contributed by atoms with E-state index in [4.69, 9.17) is 5.73 Å². The van der Waals surface area contributed by atoms with Crippen molar-refractivity contribution in [2.45, 2.75) is 38.6 Å². The molecule has 27 heavy (non-hydrogen) atoms. The number of hydrogen-bond acceptors (Lipinski definition) is 3. The van der Waals surface area contributed by atoms with E-state index in [0.717, 1.165) is 38.1 Å². The van der Waals surface area contributed by atoms with Gasteiger partial charge in [-0.05, 0) is 50.7 Å². The molecule has 1 aromatic rings. The number of likely N-dealkylation sites (tertiary alicyclic amines) is 2. The van der Waals surface area contributed by atoms with Crippen molar-refractivity contribution in [3.8, 4) is 0 Å². The van der Waals surface area contributed by atoms with Gasteiger partial charge >= 0.3 is 0 Å². The number of piperidine rings is 2. The van der Waals surface area contributed by atoms with Crippen LogP contribution in [0.5, 0.6) is 0 Å². The molecule has 0 aliphatic carbocycles. The molecule has 2 saturated heterocycles. The quantitative estimate of drug-likeness (QED) is 0.877. The van der Waals surface area contributed by atoms with E-state index in [-0.39, 0.29) is 23.4 Å². The van der Waals surface area contributed by atoms with E-state index in [2.05, 4.69) is 0 Å². The van der Waals surface area contributed by atoms with Gasteiger partial charge in [-0.1, -0.05) is 0 Å². The van der Waals surface area contributed by atoms with Crippen LogP contribution in [0.1, 0.15) is 43.0 Å². The van der Waals surface area contributed by atoms with Crippen LogP contribution in [0.3, 0.4) is 0 Å². The molecule has 0 bridgehead atoms. The van der Waals surface area contributed by atoms with Crippen LogP contribution in [0.15, 0.2) is 18.2 Å². The molecule has 2 N–H and O–H groups in total. The van der Waals surface area contributed by atoms with Crippen LogP contribution in [-0.2, 0) is 4.79 Å². The van der Waals surface area contributed by atoms with Crippen molar-refractivity contribution in [2.75, 3.05) is 26.2 Å². The number of rotatable bonds is 3. The van der Waals surface area contributed by atoms with E-state index in [9.17, 15) is 18.4 Å². The van der Waals surface area contributed by atoms with Gasteiger partial charge < -0.3 is 15.5 Å². The molecule has 7 heteroatoms. The molecule has 2 aliphatic rings. The van der Waals surface area contributed by atoms with Crippen molar-refractivity contribution in [3.63, 3.8) is 0 Å². The van der Waals surface area contributed by atoms with Crippen LogP contribution in [0.25, 0.3) is 0 Å². The lowest BCUT2D eigenvalue weighted by Crippen LogP contribution is -2.48. The molecule has 1 aromatic carbocycles. The van der Waals surface area contributed by atoms with Gasteiger partial charge in [0.05, 0.1) is 5.56 Å². The molecule has 1 atom stereocenters. The first kappa shape index (κ1) is 19.7. The number of nitrogens with zero attached hydrogens (tertiary/aromatic N) is 2. The van der Waals surface area contributed by atoms with Gasteiger partial charge in [-0.2, -0.15) is 0 Å². The molecule has 148 valence electrons. The summed E-state index contributed by atoms with van der Waals surface area (Å²) >= 11 is 0. The number of amides is 2. The van der Waals surface area contributed by atoms with Crippen molar-refractivity contribution in [2.24, 2.45) is 17.6 Å². The third-order valence-corrected chi connectivity index (χ3v) is 5.89. The maximum absolute atomic E-state index is 13.8. The Kier molecular flexibility index (Phi) is 6.09. The van der Waals surface area contributed by atoms with Crippen LogP contribution in [0.4, 0.5) is 8.78 Å². The van der Waals surface area contributed by atoms with Crippen molar-refractivity contribution in [1.82, 2.24) is 9.80 Å². The molecule has 0 spiro atoms. The molecule has 2 amide bonds. The van der Waals surface area contributed by atoms with Crippen LogP contribution in [-0.4, -0.2) is 53.8 Å². The zero-order valence-corrected chi connectivity index (χ0v) is 15.7. The third-order valence-electron chi connectivity index (χ3n) is 5.89. The Hall–Kier alpha value is -2.02. The number of carbonyl (C=O) groups is 2. The minimum atomic E-state index is -0.852. The van der Waals surface area contributed by atoms with E-state index in [1.165, 1.54) is 6.07 Å². The molecule has 2 fully saturated rings. The first-order valence-corrected chi connectivity index (χ1v) is 9.65. The van der Waals surface area contributed by atoms with Crippen LogP contribution >= 0.6 is 0 Å². The van der Waals surface area contributed by atoms with E-state index >= 15 is 0 Å². The fraction of sp³-hybridized carbons (Fsp3) is 0.600. The van der Waals surface area contributed by atoms with Crippen molar-refractivity contribution in [3.05, 3.63) is 35.4 Å². The van der Waals surface area contributed by atoms with Gasteiger partial charge in [-0.3, -0.25) is 9.59 Å². The molecule has 0 radical (unpaired) electrons. The van der Waals surface area contributed by atoms with Gasteiger partial charge in [0.1, 0.15) is 11.6 Å². The Balaban J connectivity index is 1.53. The van der Waals surface area contributed by atoms with Crippen LogP contribution < -0.4 is 5.73 Å². The number of hydrogen-bond donors (Lipinski definition) is 1. The maximum Gasteiger partial charge on any atom is 0.256 e. The standard InChI is InChI=1S/C20H27F2N3O2/c1-13(23)14-4-8-24(9-5-14)19(26)15-6-10-25(11-7-15)20(27)17-3-2-16(21)12-18(17)22/h2-3,12-15H,4-11,23H2,1H3. The predicted molar refractivity (Wildman–Crippen MR) is 97.9 cm³/mol. The predicted octanol–water partition coefficient (Wildman–Crippen LogP) is 2.40. The first-order valence-electron chi connectivity index (χ1n) is 9.65. The fourth-order valence-electron chi connectivity index (χ4n) is 4.07. The summed E-state index contributed by atoms with van der Waals surface area (Å²) in [5, 5.41) is 0. The van der Waals surface area contributed by atoms with Gasteiger partial charge in [0.25, 0.3) is 5.91 Å². The molecular weight excluding hydrogens is 352 g/mol. The summed E-state index contributed by atoms with van der Waals surface area (Å²) in [5.41, 5.74) is 5.83. The molecule has 3 rings (SSSR count). The summed E-state index contributed by atoms with van der Waals surface area (Å²) in [6.07, 6.45) is 3.01. The Morgan fingerprint density at radius 3 is 2.19 bits per heavy atom. The Morgan fingerprint density at radius 2 is 1.63 bits per heavy atom. The summed E-state index contributed by atoms with van der Waals surface area (Å²) in [7, 11) is 0. The number of benzene rings is 1. The number of nitrogens with two attached hydrogens (primary N) is 1. The van der Waals surface area contributed by atoms with Crippen LogP contribution in [0, 0.1) is 23.5 Å². The largest absolute Gasteiger partial charge is 0.342 e. The average molecular weight is 379 g/mol. The smallest absolute Gasteiger partial charge is 0.256 e. The van der Waals surface area contributed by atoms with Gasteiger partial charge in [-0.25, -0.2) is 8.78 Å². The Labute approximate surface area is 158 Å².